The largest absolute Gasteiger partial charge is 0.343 e. The smallest absolute Gasteiger partial charge is 0.261 e. The number of benzene rings is 2. The molecule has 6 heteroatoms. The summed E-state index contributed by atoms with van der Waals surface area (Å²) in [5, 5.41) is 11.0. The van der Waals surface area contributed by atoms with Crippen LogP contribution in [0.1, 0.15) is 59.8 Å². The Hall–Kier alpha value is -3.67. The Morgan fingerprint density at radius 1 is 1.03 bits per heavy atom. The molecular formula is C27H28N4O2. The second-order valence-electron chi connectivity index (χ2n) is 9.94. The van der Waals surface area contributed by atoms with Crippen molar-refractivity contribution in [3.05, 3.63) is 88.3 Å². The van der Waals surface area contributed by atoms with E-state index < -0.39 is 0 Å². The van der Waals surface area contributed by atoms with Gasteiger partial charge >= 0.3 is 0 Å². The Morgan fingerprint density at radius 3 is 2.33 bits per heavy atom. The standard InChI is InChI=1S/C27H28N4O2/c1-16-5-9-18(10-6-16)24-23-21(13-27(3,4)14-22(23)32)30-25-20(15-28-31(24)25)26(33)29-19-11-7-17(2)8-12-19/h5-12,15,24,30H,13-14H2,1-4H3,(H,29,33). The Bertz CT molecular complexity index is 1280. The molecule has 1 atom stereocenters. The lowest BCUT2D eigenvalue weighted by Crippen LogP contribution is -2.37. The Kier molecular flexibility index (Phi) is 4.96. The number of amides is 1. The Balaban J connectivity index is 1.58. The molecule has 1 aliphatic carbocycles. The maximum atomic E-state index is 13.3. The maximum Gasteiger partial charge on any atom is 0.261 e. The van der Waals surface area contributed by atoms with Crippen molar-refractivity contribution in [3.8, 4) is 0 Å². The Labute approximate surface area is 193 Å². The summed E-state index contributed by atoms with van der Waals surface area (Å²) >= 11 is 0. The average Bonchev–Trinajstić information content (AvgIpc) is 3.17. The summed E-state index contributed by atoms with van der Waals surface area (Å²) in [6, 6.07) is 15.5. The fourth-order valence-corrected chi connectivity index (χ4v) is 4.77. The second kappa shape index (κ2) is 7.73. The maximum absolute atomic E-state index is 13.3. The molecule has 6 nitrogen and oxygen atoms in total. The number of hydrogen-bond donors (Lipinski definition) is 2. The summed E-state index contributed by atoms with van der Waals surface area (Å²) in [6.45, 7) is 8.26. The number of carbonyl (C=O) groups excluding carboxylic acids is 2. The summed E-state index contributed by atoms with van der Waals surface area (Å²) in [4.78, 5) is 26.5. The fourth-order valence-electron chi connectivity index (χ4n) is 4.77. The highest BCUT2D eigenvalue weighted by Crippen LogP contribution is 2.46. The number of ketones is 1. The van der Waals surface area contributed by atoms with Crippen molar-refractivity contribution in [1.29, 1.82) is 0 Å². The van der Waals surface area contributed by atoms with Gasteiger partial charge in [-0.25, -0.2) is 4.68 Å². The van der Waals surface area contributed by atoms with E-state index in [4.69, 9.17) is 0 Å². The van der Waals surface area contributed by atoms with Crippen molar-refractivity contribution in [1.82, 2.24) is 9.78 Å². The number of fused-ring (bicyclic) bond motifs is 1. The zero-order chi connectivity index (χ0) is 23.3. The molecule has 0 spiro atoms. The van der Waals surface area contributed by atoms with Crippen molar-refractivity contribution in [2.45, 2.75) is 46.6 Å². The van der Waals surface area contributed by atoms with Crippen molar-refractivity contribution in [2.24, 2.45) is 5.41 Å². The van der Waals surface area contributed by atoms with Crippen molar-refractivity contribution in [2.75, 3.05) is 10.6 Å². The van der Waals surface area contributed by atoms with Gasteiger partial charge in [-0.2, -0.15) is 5.10 Å². The van der Waals surface area contributed by atoms with Gasteiger partial charge in [-0.15, -0.1) is 0 Å². The lowest BCUT2D eigenvalue weighted by Gasteiger charge is -2.39. The van der Waals surface area contributed by atoms with Crippen LogP contribution < -0.4 is 10.6 Å². The van der Waals surface area contributed by atoms with E-state index in [1.807, 2.05) is 62.4 Å². The number of nitrogens with one attached hydrogen (secondary N) is 2. The third-order valence-electron chi connectivity index (χ3n) is 6.45. The molecule has 3 aromatic rings. The van der Waals surface area contributed by atoms with Gasteiger partial charge in [0.05, 0.1) is 6.20 Å². The minimum absolute atomic E-state index is 0.131. The fraction of sp³-hybridized carbons (Fsp3) is 0.296. The number of aryl methyl sites for hydroxylation is 2. The Morgan fingerprint density at radius 2 is 1.67 bits per heavy atom. The third-order valence-corrected chi connectivity index (χ3v) is 6.45. The highest BCUT2D eigenvalue weighted by Gasteiger charge is 2.42. The van der Waals surface area contributed by atoms with Crippen LogP contribution in [0.4, 0.5) is 11.5 Å². The van der Waals surface area contributed by atoms with Gasteiger partial charge in [-0.3, -0.25) is 9.59 Å². The normalized spacial score (nSPS) is 18.9. The zero-order valence-electron chi connectivity index (χ0n) is 19.4. The number of Topliss-reactive ketones (excluding diaryl/α,β-unsaturated/α-hetero) is 1. The molecule has 0 fully saturated rings. The predicted octanol–water partition coefficient (Wildman–Crippen LogP) is 5.41. The zero-order valence-corrected chi connectivity index (χ0v) is 19.4. The van der Waals surface area contributed by atoms with Crippen LogP contribution in [0.15, 0.2) is 66.0 Å². The van der Waals surface area contributed by atoms with Crippen molar-refractivity contribution >= 4 is 23.2 Å². The summed E-state index contributed by atoms with van der Waals surface area (Å²) in [5.41, 5.74) is 5.93. The molecule has 168 valence electrons. The van der Waals surface area contributed by atoms with Crippen molar-refractivity contribution in [3.63, 3.8) is 0 Å². The van der Waals surface area contributed by atoms with Crippen LogP contribution in [0.5, 0.6) is 0 Å². The third kappa shape index (κ3) is 3.86. The molecular weight excluding hydrogens is 412 g/mol. The monoisotopic (exact) mass is 440 g/mol. The molecule has 1 unspecified atom stereocenters. The predicted molar refractivity (Wildman–Crippen MR) is 129 cm³/mol. The highest BCUT2D eigenvalue weighted by molar-refractivity contribution is 6.08. The molecule has 33 heavy (non-hydrogen) atoms. The number of anilines is 2. The first-order valence-electron chi connectivity index (χ1n) is 11.3. The van der Waals surface area contributed by atoms with Gasteiger partial charge in [0.1, 0.15) is 17.4 Å². The van der Waals surface area contributed by atoms with E-state index in [0.29, 0.717) is 17.8 Å². The first-order chi connectivity index (χ1) is 15.7. The van der Waals surface area contributed by atoms with Crippen molar-refractivity contribution < 1.29 is 9.59 Å². The lowest BCUT2D eigenvalue weighted by atomic mass is 9.73. The van der Waals surface area contributed by atoms with Gasteiger partial charge in [0.15, 0.2) is 5.78 Å². The summed E-state index contributed by atoms with van der Waals surface area (Å²) in [5.74, 6) is 0.515. The number of nitrogens with zero attached hydrogens (tertiary/aromatic N) is 2. The summed E-state index contributed by atoms with van der Waals surface area (Å²) in [6.07, 6.45) is 2.81. The van der Waals surface area contributed by atoms with Gasteiger partial charge in [-0.1, -0.05) is 61.4 Å². The molecule has 2 heterocycles. The SMILES string of the molecule is Cc1ccc(NC(=O)c2cnn3c2NC2=C(C(=O)CC(C)(C)C2)C3c2ccc(C)cc2)cc1. The quantitative estimate of drug-likeness (QED) is 0.571. The molecule has 1 aromatic heterocycles. The summed E-state index contributed by atoms with van der Waals surface area (Å²) in [7, 11) is 0. The van der Waals surface area contributed by atoms with E-state index >= 15 is 0 Å². The van der Waals surface area contributed by atoms with Crippen LogP contribution in [-0.4, -0.2) is 21.5 Å². The van der Waals surface area contributed by atoms with Gasteiger partial charge in [0.2, 0.25) is 0 Å². The van der Waals surface area contributed by atoms with E-state index in [9.17, 15) is 9.59 Å². The van der Waals surface area contributed by atoms with E-state index in [2.05, 4.69) is 29.6 Å². The molecule has 2 aliphatic rings. The molecule has 2 aromatic carbocycles. The van der Waals surface area contributed by atoms with Crippen LogP contribution in [0.3, 0.4) is 0 Å². The van der Waals surface area contributed by atoms with E-state index in [-0.39, 0.29) is 23.1 Å². The number of allylic oxidation sites excluding steroid dienone is 2. The van der Waals surface area contributed by atoms with Gasteiger partial charge in [0.25, 0.3) is 5.91 Å². The highest BCUT2D eigenvalue weighted by atomic mass is 16.1. The molecule has 5 rings (SSSR count). The molecule has 1 aliphatic heterocycles. The topological polar surface area (TPSA) is 76.0 Å². The number of rotatable bonds is 3. The lowest BCUT2D eigenvalue weighted by molar-refractivity contribution is -0.118. The van der Waals surface area contributed by atoms with Gasteiger partial charge in [0, 0.05) is 23.4 Å². The van der Waals surface area contributed by atoms with Crippen LogP contribution in [-0.2, 0) is 4.79 Å². The van der Waals surface area contributed by atoms with Crippen LogP contribution in [0, 0.1) is 19.3 Å². The number of aromatic nitrogens is 2. The second-order valence-corrected chi connectivity index (χ2v) is 9.94. The van der Waals surface area contributed by atoms with Crippen LogP contribution in [0.2, 0.25) is 0 Å². The van der Waals surface area contributed by atoms with Crippen LogP contribution in [0.25, 0.3) is 0 Å². The molecule has 0 saturated carbocycles. The first-order valence-corrected chi connectivity index (χ1v) is 11.3. The number of carbonyl (C=O) groups is 2. The van der Waals surface area contributed by atoms with E-state index in [1.54, 1.807) is 10.9 Å². The molecule has 2 N–H and O–H groups in total. The molecule has 0 bridgehead atoms. The minimum Gasteiger partial charge on any atom is -0.343 e. The van der Waals surface area contributed by atoms with E-state index in [1.165, 1.54) is 0 Å². The molecule has 0 radical (unpaired) electrons. The van der Waals surface area contributed by atoms with Crippen LogP contribution >= 0.6 is 0 Å². The molecule has 0 saturated heterocycles. The van der Waals surface area contributed by atoms with Gasteiger partial charge in [-0.05, 0) is 43.4 Å². The minimum atomic E-state index is -0.360. The molecule has 1 amide bonds. The first kappa shape index (κ1) is 21.2. The average molecular weight is 441 g/mol. The van der Waals surface area contributed by atoms with E-state index in [0.717, 1.165) is 40.1 Å². The summed E-state index contributed by atoms with van der Waals surface area (Å²) < 4.78 is 1.78. The van der Waals surface area contributed by atoms with Gasteiger partial charge < -0.3 is 10.6 Å². The number of hydrogen-bond acceptors (Lipinski definition) is 4.